The van der Waals surface area contributed by atoms with Crippen LogP contribution in [-0.2, 0) is 32.1 Å². The molecule has 4 saturated carbocycles. The molecule has 7 nitrogen and oxygen atoms in total. The number of ketones is 1. The predicted molar refractivity (Wildman–Crippen MR) is 207 cm³/mol. The van der Waals surface area contributed by atoms with Gasteiger partial charge in [0.05, 0.1) is 17.9 Å². The summed E-state index contributed by atoms with van der Waals surface area (Å²) in [6.45, 7) is 22.2. The molecule has 9 atom stereocenters. The zero-order valence-electron chi connectivity index (χ0n) is 34.1. The molecule has 292 valence electrons. The minimum atomic E-state index is -1.16. The molecule has 0 aromatic heterocycles. The Labute approximate surface area is 318 Å². The van der Waals surface area contributed by atoms with E-state index >= 15 is 0 Å². The van der Waals surface area contributed by atoms with Crippen molar-refractivity contribution in [3.05, 3.63) is 46.5 Å². The first-order valence-electron chi connectivity index (χ1n) is 20.9. The highest BCUT2D eigenvalue weighted by Crippen LogP contribution is 2.77. The molecule has 1 aromatic carbocycles. The largest absolute Gasteiger partial charge is 0.481 e. The predicted octanol–water partition coefficient (Wildman–Crippen LogP) is 8.80. The van der Waals surface area contributed by atoms with E-state index in [9.17, 15) is 24.6 Å². The lowest BCUT2D eigenvalue weighted by atomic mass is 9.33. The maximum Gasteiger partial charge on any atom is 0.309 e. The molecule has 1 aliphatic heterocycles. The molecule has 0 amide bonds. The molecule has 7 heteroatoms. The molecule has 6 aliphatic rings. The van der Waals surface area contributed by atoms with E-state index < -0.39 is 28.9 Å². The summed E-state index contributed by atoms with van der Waals surface area (Å²) in [6, 6.07) is 8.68. The fourth-order valence-corrected chi connectivity index (χ4v) is 14.0. The fraction of sp³-hybridized carbons (Fsp3) is 0.761. The Hall–Kier alpha value is -2.51. The van der Waals surface area contributed by atoms with Gasteiger partial charge in [0.25, 0.3) is 0 Å². The van der Waals surface area contributed by atoms with Crippen LogP contribution in [0.3, 0.4) is 0 Å². The molecule has 0 spiro atoms. The van der Waals surface area contributed by atoms with Gasteiger partial charge in [0.15, 0.2) is 5.78 Å². The normalized spacial score (nSPS) is 38.7. The monoisotopic (exact) mass is 729 g/mol. The molecule has 1 aromatic rings. The van der Waals surface area contributed by atoms with Gasteiger partial charge in [-0.05, 0) is 128 Å². The van der Waals surface area contributed by atoms with Crippen molar-refractivity contribution in [3.63, 3.8) is 0 Å². The number of carboxylic acid groups (broad SMARTS) is 1. The summed E-state index contributed by atoms with van der Waals surface area (Å²) in [5.41, 5.74) is 3.41. The van der Waals surface area contributed by atoms with E-state index in [0.29, 0.717) is 24.8 Å². The topological polar surface area (TPSA) is 104 Å². The van der Waals surface area contributed by atoms with Crippen LogP contribution >= 0.6 is 0 Å². The summed E-state index contributed by atoms with van der Waals surface area (Å²) < 4.78 is 6.18. The molecule has 53 heavy (non-hydrogen) atoms. The maximum atomic E-state index is 14.2. The number of fused-ring (bicyclic) bond motifs is 8. The van der Waals surface area contributed by atoms with Crippen LogP contribution in [0.5, 0.6) is 0 Å². The number of esters is 1. The van der Waals surface area contributed by atoms with Gasteiger partial charge in [-0.3, -0.25) is 19.3 Å². The molecular formula is C46H67NO6. The van der Waals surface area contributed by atoms with Gasteiger partial charge < -0.3 is 14.9 Å². The number of rotatable bonds is 8. The minimum absolute atomic E-state index is 0.00709. The van der Waals surface area contributed by atoms with Gasteiger partial charge in [-0.25, -0.2) is 0 Å². The third-order valence-electron chi connectivity index (χ3n) is 17.1. The number of allylic oxidation sites excluding steroid dienone is 1. The molecule has 0 saturated heterocycles. The van der Waals surface area contributed by atoms with Crippen molar-refractivity contribution in [2.75, 3.05) is 13.1 Å². The van der Waals surface area contributed by atoms with Crippen LogP contribution in [0.1, 0.15) is 138 Å². The summed E-state index contributed by atoms with van der Waals surface area (Å²) in [7, 11) is 0. The third-order valence-corrected chi connectivity index (χ3v) is 17.1. The molecule has 0 radical (unpaired) electrons. The van der Waals surface area contributed by atoms with Crippen LogP contribution in [0, 0.1) is 56.2 Å². The van der Waals surface area contributed by atoms with Crippen molar-refractivity contribution in [2.24, 2.45) is 56.2 Å². The number of β-amino-alcohol motifs (C(OH)–C–C–N with tert-alkyl or cyclic N) is 1. The van der Waals surface area contributed by atoms with Crippen molar-refractivity contribution in [2.45, 2.75) is 152 Å². The number of benzene rings is 1. The zero-order chi connectivity index (χ0) is 38.5. The second-order valence-electron chi connectivity index (χ2n) is 20.8. The summed E-state index contributed by atoms with van der Waals surface area (Å²) >= 11 is 0. The standard InChI is InChI=1S/C46H67NO6/c1-28(2)38-32(48)24-46(35(49)27-47-23-18-29-12-10-11-13-30(29)26-47)22-21-44(8)31(39(38)46)14-15-34-43(7)19-17-36(53-37(50)25-41(3,4)40(51)52)42(5,6)33(43)16-20-45(34,44)9/h10-13,28,31,33-36,49H,14-27H2,1-9H3,(H,51,52). The smallest absolute Gasteiger partial charge is 0.309 e. The second kappa shape index (κ2) is 13.0. The van der Waals surface area contributed by atoms with Gasteiger partial charge in [0, 0.05) is 36.9 Å². The number of hydrogen-bond acceptors (Lipinski definition) is 6. The average molecular weight is 730 g/mol. The van der Waals surface area contributed by atoms with Crippen LogP contribution in [0.15, 0.2) is 35.4 Å². The first-order chi connectivity index (χ1) is 24.7. The summed E-state index contributed by atoms with van der Waals surface area (Å²) in [5.74, 6) is 0.169. The zero-order valence-corrected chi connectivity index (χ0v) is 34.1. The van der Waals surface area contributed by atoms with Gasteiger partial charge in [-0.1, -0.05) is 78.3 Å². The van der Waals surface area contributed by atoms with Crippen LogP contribution in [-0.4, -0.2) is 58.1 Å². The van der Waals surface area contributed by atoms with Crippen LogP contribution in [0.4, 0.5) is 0 Å². The van der Waals surface area contributed by atoms with E-state index in [-0.39, 0.29) is 51.8 Å². The van der Waals surface area contributed by atoms with E-state index in [1.54, 1.807) is 13.8 Å². The van der Waals surface area contributed by atoms with E-state index in [1.165, 1.54) is 16.7 Å². The number of Topliss-reactive ketones (excluding diaryl/α,β-unsaturated/α-hetero) is 1. The van der Waals surface area contributed by atoms with Crippen LogP contribution in [0.25, 0.3) is 0 Å². The van der Waals surface area contributed by atoms with Gasteiger partial charge in [-0.15, -0.1) is 0 Å². The number of carbonyl (C=O) groups is 3. The third kappa shape index (κ3) is 5.82. The maximum absolute atomic E-state index is 14.2. The van der Waals surface area contributed by atoms with Gasteiger partial charge in [0.2, 0.25) is 0 Å². The minimum Gasteiger partial charge on any atom is -0.481 e. The highest BCUT2D eigenvalue weighted by molar-refractivity contribution is 6.00. The number of aliphatic carboxylic acids is 1. The first-order valence-corrected chi connectivity index (χ1v) is 20.9. The van der Waals surface area contributed by atoms with Gasteiger partial charge in [0.1, 0.15) is 6.10 Å². The van der Waals surface area contributed by atoms with E-state index in [1.807, 2.05) is 0 Å². The van der Waals surface area contributed by atoms with Crippen molar-refractivity contribution < 1.29 is 29.3 Å². The van der Waals surface area contributed by atoms with Crippen LogP contribution < -0.4 is 0 Å². The number of ether oxygens (including phenoxy) is 1. The van der Waals surface area contributed by atoms with E-state index in [4.69, 9.17) is 4.74 Å². The van der Waals surface area contributed by atoms with Gasteiger partial charge in [-0.2, -0.15) is 0 Å². The summed E-state index contributed by atoms with van der Waals surface area (Å²) in [5, 5.41) is 22.1. The van der Waals surface area contributed by atoms with Crippen molar-refractivity contribution in [3.8, 4) is 0 Å². The Bertz CT molecular complexity index is 1690. The number of aliphatic hydroxyl groups excluding tert-OH is 1. The van der Waals surface area contributed by atoms with Crippen LogP contribution in [0.2, 0.25) is 0 Å². The lowest BCUT2D eigenvalue weighted by Gasteiger charge is -2.72. The molecule has 0 bridgehead atoms. The number of carbonyl (C=O) groups excluding carboxylic acids is 2. The number of nitrogens with zero attached hydrogens (tertiary/aromatic N) is 1. The quantitative estimate of drug-likeness (QED) is 0.258. The Morgan fingerprint density at radius 1 is 0.925 bits per heavy atom. The molecule has 2 N–H and O–H groups in total. The molecule has 4 fully saturated rings. The molecule has 7 rings (SSSR count). The van der Waals surface area contributed by atoms with Crippen molar-refractivity contribution in [1.82, 2.24) is 4.90 Å². The average Bonchev–Trinajstić information content (AvgIpc) is 3.39. The molecule has 9 unspecified atom stereocenters. The first kappa shape index (κ1) is 38.8. The Balaban J connectivity index is 1.16. The Morgan fingerprint density at radius 3 is 2.30 bits per heavy atom. The van der Waals surface area contributed by atoms with E-state index in [2.05, 4.69) is 77.6 Å². The second-order valence-corrected chi connectivity index (χ2v) is 20.8. The lowest BCUT2D eigenvalue weighted by Crippen LogP contribution is -2.66. The Morgan fingerprint density at radius 2 is 1.62 bits per heavy atom. The van der Waals surface area contributed by atoms with Crippen molar-refractivity contribution >= 4 is 17.7 Å². The summed E-state index contributed by atoms with van der Waals surface area (Å²) in [6.07, 6.45) is 8.49. The highest BCUT2D eigenvalue weighted by Gasteiger charge is 2.71. The number of aliphatic hydroxyl groups is 1. The summed E-state index contributed by atoms with van der Waals surface area (Å²) in [4.78, 5) is 41.5. The molecule has 1 heterocycles. The molecule has 5 aliphatic carbocycles. The van der Waals surface area contributed by atoms with Crippen molar-refractivity contribution in [1.29, 1.82) is 0 Å². The fourth-order valence-electron chi connectivity index (χ4n) is 14.0. The number of carboxylic acids is 1. The molecular weight excluding hydrogens is 663 g/mol. The van der Waals surface area contributed by atoms with E-state index in [0.717, 1.165) is 76.5 Å². The Kier molecular flexibility index (Phi) is 9.53. The van der Waals surface area contributed by atoms with Gasteiger partial charge >= 0.3 is 11.9 Å². The number of hydrogen-bond donors (Lipinski definition) is 2. The SMILES string of the molecule is CC(C)C1=C2C3CCC4C5(C)CCC(OC(=O)CC(C)(C)C(=O)O)C(C)(C)C5CCC4(C)C3(C)CCC2(C(O)CN2CCc3ccccc3C2)CC1=O. The highest BCUT2D eigenvalue weighted by atomic mass is 16.5. The lowest BCUT2D eigenvalue weighted by molar-refractivity contribution is -0.235.